The number of hydrogen-bond donors (Lipinski definition) is 1. The third-order valence-corrected chi connectivity index (χ3v) is 3.08. The average molecular weight is 277 g/mol. The Morgan fingerprint density at radius 2 is 1.95 bits per heavy atom. The molecule has 1 aromatic carbocycles. The van der Waals surface area contributed by atoms with E-state index in [0.717, 1.165) is 17.3 Å². The van der Waals surface area contributed by atoms with Crippen molar-refractivity contribution in [1.82, 2.24) is 9.78 Å². The van der Waals surface area contributed by atoms with Gasteiger partial charge < -0.3 is 5.11 Å². The van der Waals surface area contributed by atoms with Crippen LogP contribution in [0.15, 0.2) is 30.3 Å². The van der Waals surface area contributed by atoms with E-state index >= 15 is 0 Å². The summed E-state index contributed by atoms with van der Waals surface area (Å²) >= 11 is 6.24. The van der Waals surface area contributed by atoms with E-state index in [1.165, 1.54) is 6.08 Å². The molecule has 0 aliphatic heterocycles. The third kappa shape index (κ3) is 2.85. The summed E-state index contributed by atoms with van der Waals surface area (Å²) in [5.74, 6) is -1.02. The van der Waals surface area contributed by atoms with Gasteiger partial charge in [0.25, 0.3) is 0 Å². The maximum absolute atomic E-state index is 10.6. The van der Waals surface area contributed by atoms with Gasteiger partial charge in [-0.3, -0.25) is 0 Å². The second-order valence-corrected chi connectivity index (χ2v) is 4.57. The zero-order chi connectivity index (χ0) is 14.0. The summed E-state index contributed by atoms with van der Waals surface area (Å²) in [7, 11) is 0. The van der Waals surface area contributed by atoms with Crippen molar-refractivity contribution in [2.45, 2.75) is 13.8 Å². The summed E-state index contributed by atoms with van der Waals surface area (Å²) in [6.45, 7) is 3.79. The van der Waals surface area contributed by atoms with Crippen molar-refractivity contribution >= 4 is 23.6 Å². The lowest BCUT2D eigenvalue weighted by molar-refractivity contribution is -0.131. The number of aromatic nitrogens is 2. The highest BCUT2D eigenvalue weighted by molar-refractivity contribution is 6.31. The van der Waals surface area contributed by atoms with Crippen LogP contribution >= 0.6 is 11.6 Å². The van der Waals surface area contributed by atoms with Crippen molar-refractivity contribution in [1.29, 1.82) is 0 Å². The van der Waals surface area contributed by atoms with Crippen LogP contribution in [0.2, 0.25) is 5.15 Å². The van der Waals surface area contributed by atoms with Gasteiger partial charge in [-0.1, -0.05) is 29.3 Å². The van der Waals surface area contributed by atoms with Crippen LogP contribution in [0.1, 0.15) is 16.8 Å². The van der Waals surface area contributed by atoms with Crippen LogP contribution in [-0.4, -0.2) is 20.9 Å². The molecule has 0 saturated carbocycles. The van der Waals surface area contributed by atoms with E-state index in [2.05, 4.69) is 5.10 Å². The van der Waals surface area contributed by atoms with Crippen LogP contribution < -0.4 is 0 Å². The maximum atomic E-state index is 10.6. The Bertz CT molecular complexity index is 642. The molecule has 1 heterocycles. The molecule has 98 valence electrons. The standard InChI is InChI=1S/C14H13ClN2O2/c1-9-3-5-11(6-4-9)17-14(15)12(10(2)16-17)7-8-13(18)19/h3-8H,1-2H3,(H,18,19)/b8-7+. The van der Waals surface area contributed by atoms with Gasteiger partial charge in [-0.15, -0.1) is 0 Å². The molecule has 0 atom stereocenters. The monoisotopic (exact) mass is 276 g/mol. The first-order valence-corrected chi connectivity index (χ1v) is 6.10. The zero-order valence-corrected chi connectivity index (χ0v) is 11.3. The van der Waals surface area contributed by atoms with E-state index in [4.69, 9.17) is 16.7 Å². The van der Waals surface area contributed by atoms with Crippen molar-refractivity contribution in [2.75, 3.05) is 0 Å². The summed E-state index contributed by atoms with van der Waals surface area (Å²) in [6.07, 6.45) is 2.51. The van der Waals surface area contributed by atoms with Crippen molar-refractivity contribution < 1.29 is 9.90 Å². The van der Waals surface area contributed by atoms with Gasteiger partial charge in [0.2, 0.25) is 0 Å². The number of carboxylic acids is 1. The number of benzene rings is 1. The fourth-order valence-corrected chi connectivity index (χ4v) is 2.05. The first-order chi connectivity index (χ1) is 8.99. The molecule has 5 heteroatoms. The van der Waals surface area contributed by atoms with Gasteiger partial charge in [-0.05, 0) is 32.1 Å². The molecular weight excluding hydrogens is 264 g/mol. The van der Waals surface area contributed by atoms with Crippen LogP contribution in [0.5, 0.6) is 0 Å². The minimum Gasteiger partial charge on any atom is -0.478 e. The van der Waals surface area contributed by atoms with Crippen LogP contribution in [-0.2, 0) is 4.79 Å². The minimum atomic E-state index is -1.02. The lowest BCUT2D eigenvalue weighted by atomic mass is 10.2. The van der Waals surface area contributed by atoms with E-state index in [0.29, 0.717) is 16.4 Å². The Kier molecular flexibility index (Phi) is 3.71. The Hall–Kier alpha value is -2.07. The molecule has 2 aromatic rings. The molecule has 0 aliphatic carbocycles. The highest BCUT2D eigenvalue weighted by atomic mass is 35.5. The van der Waals surface area contributed by atoms with Crippen LogP contribution in [0, 0.1) is 13.8 Å². The molecule has 0 saturated heterocycles. The molecule has 0 bridgehead atoms. The molecule has 1 aromatic heterocycles. The molecule has 2 rings (SSSR count). The Balaban J connectivity index is 2.46. The summed E-state index contributed by atoms with van der Waals surface area (Å²) in [5, 5.41) is 13.4. The second kappa shape index (κ2) is 5.28. The predicted octanol–water partition coefficient (Wildman–Crippen LogP) is 3.24. The van der Waals surface area contributed by atoms with E-state index in [-0.39, 0.29) is 0 Å². The predicted molar refractivity (Wildman–Crippen MR) is 74.7 cm³/mol. The number of hydrogen-bond acceptors (Lipinski definition) is 2. The smallest absolute Gasteiger partial charge is 0.328 e. The number of aryl methyl sites for hydroxylation is 2. The van der Waals surface area contributed by atoms with E-state index in [1.807, 2.05) is 31.2 Å². The minimum absolute atomic E-state index is 0.402. The molecule has 19 heavy (non-hydrogen) atoms. The van der Waals surface area contributed by atoms with Gasteiger partial charge in [0.1, 0.15) is 5.15 Å². The van der Waals surface area contributed by atoms with E-state index in [9.17, 15) is 4.79 Å². The molecule has 1 N–H and O–H groups in total. The molecule has 0 radical (unpaired) electrons. The van der Waals surface area contributed by atoms with Crippen molar-refractivity contribution in [3.8, 4) is 5.69 Å². The first kappa shape index (κ1) is 13.4. The summed E-state index contributed by atoms with van der Waals surface area (Å²) in [5.41, 5.74) is 3.29. The molecule has 0 aliphatic rings. The van der Waals surface area contributed by atoms with Gasteiger partial charge in [-0.25, -0.2) is 9.48 Å². The molecule has 0 fully saturated rings. The number of nitrogens with zero attached hydrogens (tertiary/aromatic N) is 2. The topological polar surface area (TPSA) is 55.1 Å². The second-order valence-electron chi connectivity index (χ2n) is 4.21. The highest BCUT2D eigenvalue weighted by Gasteiger charge is 2.12. The van der Waals surface area contributed by atoms with Gasteiger partial charge in [0.05, 0.1) is 11.4 Å². The summed E-state index contributed by atoms with van der Waals surface area (Å²) < 4.78 is 1.60. The zero-order valence-electron chi connectivity index (χ0n) is 10.6. The van der Waals surface area contributed by atoms with Crippen LogP contribution in [0.4, 0.5) is 0 Å². The van der Waals surface area contributed by atoms with Gasteiger partial charge >= 0.3 is 5.97 Å². The lowest BCUT2D eigenvalue weighted by Crippen LogP contribution is -1.96. The number of aliphatic carboxylic acids is 1. The molecular formula is C14H13ClN2O2. The lowest BCUT2D eigenvalue weighted by Gasteiger charge is -2.03. The highest BCUT2D eigenvalue weighted by Crippen LogP contribution is 2.24. The first-order valence-electron chi connectivity index (χ1n) is 5.72. The Labute approximate surface area is 115 Å². The van der Waals surface area contributed by atoms with Crippen molar-refractivity contribution in [2.24, 2.45) is 0 Å². The number of rotatable bonds is 3. The number of carboxylic acid groups (broad SMARTS) is 1. The maximum Gasteiger partial charge on any atom is 0.328 e. The fraction of sp³-hybridized carbons (Fsp3) is 0.143. The third-order valence-electron chi connectivity index (χ3n) is 2.72. The fourth-order valence-electron chi connectivity index (χ4n) is 1.71. The van der Waals surface area contributed by atoms with Crippen molar-refractivity contribution in [3.63, 3.8) is 0 Å². The molecule has 0 spiro atoms. The quantitative estimate of drug-likeness (QED) is 0.876. The van der Waals surface area contributed by atoms with E-state index in [1.54, 1.807) is 11.6 Å². The Morgan fingerprint density at radius 1 is 1.32 bits per heavy atom. The van der Waals surface area contributed by atoms with Crippen molar-refractivity contribution in [3.05, 3.63) is 52.3 Å². The SMILES string of the molecule is Cc1ccc(-n2nc(C)c(/C=C/C(=O)O)c2Cl)cc1. The van der Waals surface area contributed by atoms with Crippen LogP contribution in [0.3, 0.4) is 0 Å². The summed E-state index contributed by atoms with van der Waals surface area (Å²) in [6, 6.07) is 7.77. The number of halogens is 1. The molecule has 4 nitrogen and oxygen atoms in total. The van der Waals surface area contributed by atoms with Gasteiger partial charge in [0.15, 0.2) is 0 Å². The molecule has 0 amide bonds. The largest absolute Gasteiger partial charge is 0.478 e. The summed E-state index contributed by atoms with van der Waals surface area (Å²) in [4.78, 5) is 10.6. The van der Waals surface area contributed by atoms with Gasteiger partial charge in [-0.2, -0.15) is 5.10 Å². The molecule has 0 unspecified atom stereocenters. The Morgan fingerprint density at radius 3 is 2.53 bits per heavy atom. The van der Waals surface area contributed by atoms with Gasteiger partial charge in [0, 0.05) is 11.6 Å². The van der Waals surface area contributed by atoms with E-state index < -0.39 is 5.97 Å². The normalized spacial score (nSPS) is 11.1. The number of carbonyl (C=O) groups is 1. The average Bonchev–Trinajstić information content (AvgIpc) is 2.63. The van der Waals surface area contributed by atoms with Crippen LogP contribution in [0.25, 0.3) is 11.8 Å².